The molecule has 0 fully saturated rings. The molecule has 0 atom stereocenters. The molecule has 27 heavy (non-hydrogen) atoms. The largest absolute Gasteiger partial charge is 0.762 e. The van der Waals surface area contributed by atoms with Crippen LogP contribution in [0.4, 0.5) is 5.69 Å². The number of allylic oxidation sites excluding steroid dienone is 2. The van der Waals surface area contributed by atoms with Crippen molar-refractivity contribution in [2.75, 3.05) is 11.4 Å². The topological polar surface area (TPSA) is 83.5 Å². The summed E-state index contributed by atoms with van der Waals surface area (Å²) in [5.74, 6) is 1.72. The molecule has 0 radical (unpaired) electrons. The zero-order chi connectivity index (χ0) is 19.8. The first-order chi connectivity index (χ1) is 12.9. The van der Waals surface area contributed by atoms with E-state index in [-0.39, 0.29) is 22.1 Å². The molecule has 0 spiro atoms. The Hall–Kier alpha value is -3.22. The maximum Gasteiger partial charge on any atom is 0.236 e. The maximum atomic E-state index is 12.2. The van der Waals surface area contributed by atoms with E-state index in [4.69, 9.17) is 10.7 Å². The summed E-state index contributed by atoms with van der Waals surface area (Å²) in [5.41, 5.74) is 1.19. The van der Waals surface area contributed by atoms with E-state index in [0.717, 1.165) is 36.3 Å². The fourth-order valence-corrected chi connectivity index (χ4v) is 3.73. The highest BCUT2D eigenvalue weighted by Gasteiger charge is 2.40. The molecule has 5 heteroatoms. The average Bonchev–Trinajstić information content (AvgIpc) is 2.89. The van der Waals surface area contributed by atoms with Crippen molar-refractivity contribution in [2.24, 2.45) is 0 Å². The number of anilines is 1. The number of rotatable bonds is 5. The minimum atomic E-state index is -0.756. The molecule has 2 aromatic rings. The van der Waals surface area contributed by atoms with Gasteiger partial charge in [0.15, 0.2) is 0 Å². The minimum Gasteiger partial charge on any atom is -0.762 e. The number of hydrogen-bond donors (Lipinski definition) is 0. The minimum absolute atomic E-state index is 0.0558. The van der Waals surface area contributed by atoms with E-state index < -0.39 is 10.9 Å². The highest BCUT2D eigenvalue weighted by Crippen LogP contribution is 2.48. The molecular weight excluding hydrogens is 338 g/mol. The van der Waals surface area contributed by atoms with E-state index in [1.54, 1.807) is 18.0 Å². The molecule has 2 aromatic carbocycles. The van der Waals surface area contributed by atoms with Gasteiger partial charge in [0, 0.05) is 28.9 Å². The number of nitriles is 1. The van der Waals surface area contributed by atoms with Crippen molar-refractivity contribution in [3.05, 3.63) is 72.5 Å². The van der Waals surface area contributed by atoms with E-state index in [1.807, 2.05) is 12.1 Å². The lowest BCUT2D eigenvalue weighted by Crippen LogP contribution is -2.39. The summed E-state index contributed by atoms with van der Waals surface area (Å²) in [4.78, 5) is 26.3. The number of fused-ring (bicyclic) bond motifs is 1. The van der Waals surface area contributed by atoms with Gasteiger partial charge in [0.05, 0.1) is 11.1 Å². The SMILES string of the molecule is CCCCN1/C(=C\c2c(C(=C=[N-])C#N)c(=O)c2=O)C(C)(C)c2ccccc21. The van der Waals surface area contributed by atoms with Crippen LogP contribution in [0.5, 0.6) is 0 Å². The van der Waals surface area contributed by atoms with E-state index in [2.05, 4.69) is 37.8 Å². The predicted octanol–water partition coefficient (Wildman–Crippen LogP) is 3.37. The lowest BCUT2D eigenvalue weighted by Gasteiger charge is -2.27. The summed E-state index contributed by atoms with van der Waals surface area (Å²) < 4.78 is 0. The van der Waals surface area contributed by atoms with Crippen molar-refractivity contribution in [2.45, 2.75) is 39.0 Å². The molecule has 1 aliphatic rings. The summed E-state index contributed by atoms with van der Waals surface area (Å²) in [5, 5.41) is 18.2. The molecule has 1 heterocycles. The van der Waals surface area contributed by atoms with Crippen LogP contribution in [0, 0.1) is 11.3 Å². The molecule has 0 saturated heterocycles. The Morgan fingerprint density at radius 2 is 1.96 bits per heavy atom. The Kier molecular flexibility index (Phi) is 4.70. The van der Waals surface area contributed by atoms with Crippen LogP contribution in [0.25, 0.3) is 17.1 Å². The number of nitrogens with zero attached hydrogens (tertiary/aromatic N) is 3. The van der Waals surface area contributed by atoms with Gasteiger partial charge in [-0.1, -0.05) is 45.4 Å². The third kappa shape index (κ3) is 2.75. The molecule has 1 aliphatic heterocycles. The van der Waals surface area contributed by atoms with Crippen molar-refractivity contribution < 1.29 is 0 Å². The van der Waals surface area contributed by atoms with Crippen LogP contribution in [-0.4, -0.2) is 12.4 Å². The second-order valence-corrected chi connectivity index (χ2v) is 7.22. The second kappa shape index (κ2) is 6.83. The molecule has 0 aromatic heterocycles. The quantitative estimate of drug-likeness (QED) is 0.466. The van der Waals surface area contributed by atoms with Gasteiger partial charge in [0.1, 0.15) is 6.07 Å². The monoisotopic (exact) mass is 358 g/mol. The van der Waals surface area contributed by atoms with Gasteiger partial charge >= 0.3 is 0 Å². The van der Waals surface area contributed by atoms with Crippen molar-refractivity contribution in [3.8, 4) is 6.07 Å². The first-order valence-electron chi connectivity index (χ1n) is 8.98. The molecule has 0 unspecified atom stereocenters. The lowest BCUT2D eigenvalue weighted by molar-refractivity contribution is 0.629. The molecule has 5 nitrogen and oxygen atoms in total. The summed E-state index contributed by atoms with van der Waals surface area (Å²) in [6.07, 6.45) is 3.70. The second-order valence-electron chi connectivity index (χ2n) is 7.22. The Bertz CT molecular complexity index is 1100. The highest BCUT2D eigenvalue weighted by molar-refractivity contribution is 6.01. The number of hydrogen-bond acceptors (Lipinski definition) is 4. The molecule has 0 saturated carbocycles. The van der Waals surface area contributed by atoms with Gasteiger partial charge in [-0.25, -0.2) is 5.87 Å². The van der Waals surface area contributed by atoms with Crippen LogP contribution < -0.4 is 15.8 Å². The van der Waals surface area contributed by atoms with Crippen LogP contribution in [0.1, 0.15) is 50.3 Å². The zero-order valence-electron chi connectivity index (χ0n) is 15.7. The average molecular weight is 358 g/mol. The van der Waals surface area contributed by atoms with Gasteiger partial charge < -0.3 is 10.3 Å². The maximum absolute atomic E-state index is 12.2. The van der Waals surface area contributed by atoms with Gasteiger partial charge in [-0.15, -0.1) is 0 Å². The van der Waals surface area contributed by atoms with Crippen molar-refractivity contribution in [3.63, 3.8) is 0 Å². The first kappa shape index (κ1) is 18.6. The Morgan fingerprint density at radius 3 is 2.59 bits per heavy atom. The van der Waals surface area contributed by atoms with Gasteiger partial charge in [-0.2, -0.15) is 5.26 Å². The van der Waals surface area contributed by atoms with Crippen LogP contribution in [0.15, 0.2) is 39.6 Å². The number of para-hydroxylation sites is 1. The Balaban J connectivity index is 2.20. The molecule has 0 amide bonds. The summed E-state index contributed by atoms with van der Waals surface area (Å²) in [6, 6.07) is 9.82. The molecule has 0 bridgehead atoms. The summed E-state index contributed by atoms with van der Waals surface area (Å²) in [7, 11) is 0. The smallest absolute Gasteiger partial charge is 0.236 e. The third-order valence-electron chi connectivity index (χ3n) is 5.24. The van der Waals surface area contributed by atoms with Crippen LogP contribution in [0.3, 0.4) is 0 Å². The van der Waals surface area contributed by atoms with E-state index >= 15 is 0 Å². The highest BCUT2D eigenvalue weighted by atomic mass is 16.2. The Morgan fingerprint density at radius 1 is 1.26 bits per heavy atom. The molecule has 136 valence electrons. The zero-order valence-corrected chi connectivity index (χ0v) is 15.7. The van der Waals surface area contributed by atoms with Crippen molar-refractivity contribution in [1.82, 2.24) is 0 Å². The van der Waals surface area contributed by atoms with E-state index in [0.29, 0.717) is 0 Å². The fraction of sp³-hybridized carbons (Fsp3) is 0.318. The fourth-order valence-electron chi connectivity index (χ4n) is 3.73. The first-order valence-corrected chi connectivity index (χ1v) is 8.98. The van der Waals surface area contributed by atoms with Crippen LogP contribution in [-0.2, 0) is 5.41 Å². The molecule has 0 aliphatic carbocycles. The van der Waals surface area contributed by atoms with Crippen molar-refractivity contribution in [1.29, 1.82) is 5.26 Å². The molecule has 0 N–H and O–H groups in total. The van der Waals surface area contributed by atoms with E-state index in [1.165, 1.54) is 0 Å². The molecule has 3 rings (SSSR count). The van der Waals surface area contributed by atoms with Gasteiger partial charge in [0.2, 0.25) is 10.9 Å². The lowest BCUT2D eigenvalue weighted by atomic mass is 9.82. The standard InChI is InChI=1S/C22H20N3O2/c1-4-5-10-25-17-9-7-6-8-16(17)22(2,3)18(25)11-15-19(14(12-23)13-24)21(27)20(15)26/h6-9,11H,4-5,10H2,1-3H3/q-1/b18-11-. The van der Waals surface area contributed by atoms with Gasteiger partial charge in [-0.3, -0.25) is 9.59 Å². The van der Waals surface area contributed by atoms with Gasteiger partial charge in [0.25, 0.3) is 0 Å². The van der Waals surface area contributed by atoms with Crippen LogP contribution in [0.2, 0.25) is 0 Å². The Labute approximate surface area is 158 Å². The van der Waals surface area contributed by atoms with Gasteiger partial charge in [-0.05, 0) is 24.1 Å². The number of unbranched alkanes of at least 4 members (excludes halogenated alkanes) is 1. The summed E-state index contributed by atoms with van der Waals surface area (Å²) in [6.45, 7) is 7.06. The molecular formula is C22H20N3O2-. The normalized spacial score (nSPS) is 16.2. The third-order valence-corrected chi connectivity index (χ3v) is 5.24. The number of benzene rings is 1. The predicted molar refractivity (Wildman–Crippen MR) is 108 cm³/mol. The van der Waals surface area contributed by atoms with Crippen LogP contribution >= 0.6 is 0 Å². The van der Waals surface area contributed by atoms with Crippen molar-refractivity contribution >= 4 is 23.2 Å². The van der Waals surface area contributed by atoms with E-state index in [9.17, 15) is 9.59 Å². The summed E-state index contributed by atoms with van der Waals surface area (Å²) >= 11 is 0.